The molecule has 0 atom stereocenters. The highest BCUT2D eigenvalue weighted by Gasteiger charge is 2.22. The fourth-order valence-electron chi connectivity index (χ4n) is 2.97. The van der Waals surface area contributed by atoms with E-state index in [4.69, 9.17) is 26.4 Å². The second-order valence-corrected chi connectivity index (χ2v) is 8.64. The van der Waals surface area contributed by atoms with Crippen LogP contribution in [-0.4, -0.2) is 46.8 Å². The first-order valence-corrected chi connectivity index (χ1v) is 12.8. The van der Waals surface area contributed by atoms with Gasteiger partial charge in [-0.25, -0.2) is 13.8 Å². The molecule has 0 bridgehead atoms. The first kappa shape index (κ1) is 31.2. The van der Waals surface area contributed by atoms with Crippen molar-refractivity contribution in [1.82, 2.24) is 15.3 Å². The highest BCUT2D eigenvalue weighted by molar-refractivity contribution is 8.26. The Kier molecular flexibility index (Phi) is 12.3. The van der Waals surface area contributed by atoms with E-state index in [2.05, 4.69) is 32.1 Å². The number of hydrogen-bond acceptors (Lipinski definition) is 9. The maximum absolute atomic E-state index is 13.4. The number of nitrogens with one attached hydrogen (secondary N) is 2. The number of nitrogens with two attached hydrogens (primary N) is 2. The number of ether oxygens (including phenoxy) is 2. The summed E-state index contributed by atoms with van der Waals surface area (Å²) in [5.74, 6) is 5.59. The number of methoxy groups -OCH3 is 1. The van der Waals surface area contributed by atoms with Crippen molar-refractivity contribution in [3.05, 3.63) is 47.7 Å². The van der Waals surface area contributed by atoms with Crippen molar-refractivity contribution in [2.75, 3.05) is 20.7 Å². The molecule has 1 saturated carbocycles. The lowest BCUT2D eigenvalue weighted by molar-refractivity contribution is 0.100. The highest BCUT2D eigenvalue weighted by Crippen LogP contribution is 2.36. The number of alkyl halides is 2. The zero-order valence-corrected chi connectivity index (χ0v) is 22.9. The van der Waals surface area contributed by atoms with Crippen LogP contribution < -0.4 is 26.3 Å². The van der Waals surface area contributed by atoms with Gasteiger partial charge in [0.15, 0.2) is 5.17 Å². The molecule has 0 aliphatic heterocycles. The summed E-state index contributed by atoms with van der Waals surface area (Å²) in [6.07, 6.45) is 2.98. The molecule has 2 aromatic heterocycles. The van der Waals surface area contributed by atoms with Crippen LogP contribution >= 0.6 is 11.8 Å². The molecule has 0 radical (unpaired) electrons. The standard InChI is InChI=1S/C24H25F2N7O3S.C2H6.H2/c1-30-10-14(9-27)36-21-8-15(16-7-18(22(25)26)31-12-19(16)35-2)17(11-32-21)23(34)33-24(29)37-20(28)6-5-13-3-4-13;1-2;/h7-8,10-13,22,28,30H,3-4,9,27H2,1-2H3,(H2,29,33,34);1-2H3;1H/b14-10+,28-20?;;. The second-order valence-electron chi connectivity index (χ2n) is 7.61. The molecule has 6 N–H and O–H groups in total. The van der Waals surface area contributed by atoms with E-state index in [1.807, 2.05) is 13.8 Å². The molecule has 1 aliphatic rings. The van der Waals surface area contributed by atoms with Gasteiger partial charge in [0.2, 0.25) is 5.88 Å². The third kappa shape index (κ3) is 9.35. The number of hydrogen-bond donors (Lipinski definition) is 4. The van der Waals surface area contributed by atoms with Crippen LogP contribution in [0.15, 0.2) is 41.5 Å². The molecular formula is C26H33F2N7O3S. The molecule has 2 heterocycles. The SMILES string of the molecule is CC.CN/C=C(\CN)Oc1cc(-c2cc(C(F)F)ncc2OC)c(C(=O)N=C(N)SC(=N)C#CC2CC2)cn1.[HH]. The highest BCUT2D eigenvalue weighted by atomic mass is 32.2. The third-order valence-corrected chi connectivity index (χ3v) is 5.47. The minimum Gasteiger partial charge on any atom is -0.494 e. The maximum Gasteiger partial charge on any atom is 0.281 e. The number of carbonyl (C=O) groups is 1. The number of halogens is 2. The average Bonchev–Trinajstić information content (AvgIpc) is 3.77. The lowest BCUT2D eigenvalue weighted by Crippen LogP contribution is -2.14. The number of amides is 1. The van der Waals surface area contributed by atoms with E-state index >= 15 is 0 Å². The van der Waals surface area contributed by atoms with Gasteiger partial charge in [-0.2, -0.15) is 4.99 Å². The van der Waals surface area contributed by atoms with Crippen molar-refractivity contribution < 1.29 is 24.5 Å². The number of thioether (sulfide) groups is 1. The first-order chi connectivity index (χ1) is 18.7. The van der Waals surface area contributed by atoms with Crippen LogP contribution in [0, 0.1) is 23.2 Å². The predicted molar refractivity (Wildman–Crippen MR) is 151 cm³/mol. The van der Waals surface area contributed by atoms with Gasteiger partial charge in [0.1, 0.15) is 22.2 Å². The minimum absolute atomic E-state index is 0. The average molecular weight is 562 g/mol. The zero-order valence-electron chi connectivity index (χ0n) is 22.0. The molecule has 1 aliphatic carbocycles. The van der Waals surface area contributed by atoms with E-state index in [1.165, 1.54) is 25.6 Å². The third-order valence-electron chi connectivity index (χ3n) is 4.86. The fourth-order valence-corrected chi connectivity index (χ4v) is 3.42. The Hall–Kier alpha value is -4.02. The Morgan fingerprint density at radius 2 is 2.05 bits per heavy atom. The van der Waals surface area contributed by atoms with E-state index in [-0.39, 0.29) is 46.5 Å². The molecule has 1 fully saturated rings. The van der Waals surface area contributed by atoms with Crippen LogP contribution in [0.1, 0.15) is 50.6 Å². The molecule has 2 aromatic rings. The first-order valence-electron chi connectivity index (χ1n) is 12.0. The summed E-state index contributed by atoms with van der Waals surface area (Å²) in [4.78, 5) is 24.8. The normalized spacial score (nSPS) is 13.0. The summed E-state index contributed by atoms with van der Waals surface area (Å²) >= 11 is 0.737. The van der Waals surface area contributed by atoms with Gasteiger partial charge in [0.05, 0.1) is 25.4 Å². The lowest BCUT2D eigenvalue weighted by Gasteiger charge is -2.15. The van der Waals surface area contributed by atoms with Gasteiger partial charge in [-0.3, -0.25) is 15.2 Å². The molecule has 3 rings (SSSR count). The molecule has 13 heteroatoms. The van der Waals surface area contributed by atoms with Crippen LogP contribution in [-0.2, 0) is 0 Å². The van der Waals surface area contributed by atoms with Crippen molar-refractivity contribution in [2.45, 2.75) is 33.1 Å². The number of aromatic nitrogens is 2. The summed E-state index contributed by atoms with van der Waals surface area (Å²) in [6.45, 7) is 4.04. The van der Waals surface area contributed by atoms with Gasteiger partial charge in [-0.15, -0.1) is 0 Å². The summed E-state index contributed by atoms with van der Waals surface area (Å²) in [7, 11) is 3.00. The van der Waals surface area contributed by atoms with Crippen molar-refractivity contribution in [3.8, 4) is 34.6 Å². The number of amidine groups is 1. The van der Waals surface area contributed by atoms with Crippen LogP contribution in [0.2, 0.25) is 0 Å². The number of pyridine rings is 2. The van der Waals surface area contributed by atoms with Crippen LogP contribution in [0.5, 0.6) is 11.6 Å². The monoisotopic (exact) mass is 561 g/mol. The van der Waals surface area contributed by atoms with Crippen molar-refractivity contribution in [3.63, 3.8) is 0 Å². The molecule has 0 aromatic carbocycles. The topological polar surface area (TPSA) is 162 Å². The Morgan fingerprint density at radius 1 is 1.33 bits per heavy atom. The zero-order chi connectivity index (χ0) is 28.9. The molecule has 0 spiro atoms. The van der Waals surface area contributed by atoms with Crippen LogP contribution in [0.25, 0.3) is 11.1 Å². The number of nitrogens with zero attached hydrogens (tertiary/aromatic N) is 3. The molecular weight excluding hydrogens is 528 g/mol. The van der Waals surface area contributed by atoms with Gasteiger partial charge in [-0.05, 0) is 36.6 Å². The molecule has 0 unspecified atom stereocenters. The summed E-state index contributed by atoms with van der Waals surface area (Å²) in [5, 5.41) is 10.4. The number of carbonyl (C=O) groups excluding carboxylic acids is 1. The predicted octanol–water partition coefficient (Wildman–Crippen LogP) is 4.34. The lowest BCUT2D eigenvalue weighted by atomic mass is 10.0. The van der Waals surface area contributed by atoms with Crippen molar-refractivity contribution >= 4 is 27.9 Å². The van der Waals surface area contributed by atoms with E-state index in [9.17, 15) is 13.6 Å². The molecule has 210 valence electrons. The van der Waals surface area contributed by atoms with Gasteiger partial charge in [-0.1, -0.05) is 19.8 Å². The number of rotatable bonds is 8. The van der Waals surface area contributed by atoms with Crippen molar-refractivity contribution in [1.29, 1.82) is 5.41 Å². The Bertz CT molecular complexity index is 1310. The molecule has 1 amide bonds. The van der Waals surface area contributed by atoms with E-state index in [1.54, 1.807) is 7.05 Å². The second kappa shape index (κ2) is 15.4. The van der Waals surface area contributed by atoms with E-state index < -0.39 is 18.0 Å². The number of aliphatic imine (C=N–C) groups is 1. The quantitative estimate of drug-likeness (QED) is 0.159. The maximum atomic E-state index is 13.4. The molecule has 10 nitrogen and oxygen atoms in total. The van der Waals surface area contributed by atoms with Gasteiger partial charge >= 0.3 is 0 Å². The smallest absolute Gasteiger partial charge is 0.281 e. The minimum atomic E-state index is -2.86. The largest absolute Gasteiger partial charge is 0.494 e. The summed E-state index contributed by atoms with van der Waals surface area (Å²) in [6, 6.07) is 2.49. The van der Waals surface area contributed by atoms with Gasteiger partial charge < -0.3 is 26.3 Å². The Balaban J connectivity index is 0.00000261. The van der Waals surface area contributed by atoms with Crippen molar-refractivity contribution in [2.24, 2.45) is 22.4 Å². The molecule has 0 saturated heterocycles. The summed E-state index contributed by atoms with van der Waals surface area (Å²) < 4.78 is 37.9. The van der Waals surface area contributed by atoms with Gasteiger partial charge in [0, 0.05) is 44.0 Å². The van der Waals surface area contributed by atoms with E-state index in [0.29, 0.717) is 11.7 Å². The van der Waals surface area contributed by atoms with Crippen LogP contribution in [0.3, 0.4) is 0 Å². The van der Waals surface area contributed by atoms with E-state index in [0.717, 1.165) is 36.9 Å². The molecule has 39 heavy (non-hydrogen) atoms. The van der Waals surface area contributed by atoms with Crippen LogP contribution in [0.4, 0.5) is 8.78 Å². The Labute approximate surface area is 231 Å². The Morgan fingerprint density at radius 3 is 2.64 bits per heavy atom. The fraction of sp³-hybridized carbons (Fsp3) is 0.346. The summed E-state index contributed by atoms with van der Waals surface area (Å²) in [5.41, 5.74) is 11.2. The van der Waals surface area contributed by atoms with Gasteiger partial charge in [0.25, 0.3) is 12.3 Å².